The summed E-state index contributed by atoms with van der Waals surface area (Å²) in [7, 11) is 0. The van der Waals surface area contributed by atoms with Gasteiger partial charge in [-0.3, -0.25) is 0 Å². The van der Waals surface area contributed by atoms with Crippen molar-refractivity contribution >= 4 is 21.6 Å². The highest BCUT2D eigenvalue weighted by molar-refractivity contribution is 9.10. The van der Waals surface area contributed by atoms with Gasteiger partial charge in [-0.25, -0.2) is 4.39 Å². The standard InChI is InChI=1S/C11H11BrFN/c1-2-3-4-7-14-11-6-5-9(13)8-10(11)12/h1,5-6,8,14H,3-4,7H2. The van der Waals surface area contributed by atoms with Crippen LogP contribution in [0.1, 0.15) is 12.8 Å². The summed E-state index contributed by atoms with van der Waals surface area (Å²) in [5, 5.41) is 3.17. The van der Waals surface area contributed by atoms with Crippen LogP contribution in [-0.2, 0) is 0 Å². The first-order valence-corrected chi connectivity index (χ1v) is 5.15. The Morgan fingerprint density at radius 1 is 1.50 bits per heavy atom. The van der Waals surface area contributed by atoms with Crippen molar-refractivity contribution in [3.63, 3.8) is 0 Å². The lowest BCUT2D eigenvalue weighted by Crippen LogP contribution is -2.01. The third-order valence-electron chi connectivity index (χ3n) is 1.74. The minimum atomic E-state index is -0.244. The van der Waals surface area contributed by atoms with E-state index in [9.17, 15) is 4.39 Å². The minimum absolute atomic E-state index is 0.244. The fourth-order valence-corrected chi connectivity index (χ4v) is 1.54. The minimum Gasteiger partial charge on any atom is -0.384 e. The van der Waals surface area contributed by atoms with E-state index in [-0.39, 0.29) is 5.82 Å². The maximum atomic E-state index is 12.7. The van der Waals surface area contributed by atoms with Gasteiger partial charge < -0.3 is 5.32 Å². The lowest BCUT2D eigenvalue weighted by atomic mass is 10.3. The summed E-state index contributed by atoms with van der Waals surface area (Å²) >= 11 is 3.27. The van der Waals surface area contributed by atoms with Crippen LogP contribution in [0.5, 0.6) is 0 Å². The molecule has 0 heterocycles. The van der Waals surface area contributed by atoms with Gasteiger partial charge in [0, 0.05) is 23.1 Å². The smallest absolute Gasteiger partial charge is 0.124 e. The van der Waals surface area contributed by atoms with Crippen molar-refractivity contribution in [3.8, 4) is 12.3 Å². The molecule has 0 amide bonds. The maximum Gasteiger partial charge on any atom is 0.124 e. The summed E-state index contributed by atoms with van der Waals surface area (Å²) in [4.78, 5) is 0. The Hall–Kier alpha value is -1.01. The first kappa shape index (κ1) is 11.1. The largest absolute Gasteiger partial charge is 0.384 e. The van der Waals surface area contributed by atoms with Gasteiger partial charge in [0.15, 0.2) is 0 Å². The van der Waals surface area contributed by atoms with Crippen molar-refractivity contribution in [2.45, 2.75) is 12.8 Å². The number of unbranched alkanes of at least 4 members (excludes halogenated alkanes) is 1. The second-order valence-electron chi connectivity index (χ2n) is 2.86. The van der Waals surface area contributed by atoms with Gasteiger partial charge >= 0.3 is 0 Å². The van der Waals surface area contributed by atoms with E-state index in [0.717, 1.165) is 29.5 Å². The predicted molar refractivity (Wildman–Crippen MR) is 60.7 cm³/mol. The number of nitrogens with one attached hydrogen (secondary N) is 1. The Morgan fingerprint density at radius 3 is 2.93 bits per heavy atom. The topological polar surface area (TPSA) is 12.0 Å². The SMILES string of the molecule is C#CCCCNc1ccc(F)cc1Br. The molecule has 1 rings (SSSR count). The van der Waals surface area contributed by atoms with Gasteiger partial charge in [0.1, 0.15) is 5.82 Å². The van der Waals surface area contributed by atoms with E-state index >= 15 is 0 Å². The molecule has 14 heavy (non-hydrogen) atoms. The summed E-state index contributed by atoms with van der Waals surface area (Å²) < 4.78 is 13.4. The van der Waals surface area contributed by atoms with E-state index < -0.39 is 0 Å². The zero-order chi connectivity index (χ0) is 10.4. The Labute approximate surface area is 91.8 Å². The normalized spacial score (nSPS) is 9.50. The average Bonchev–Trinajstić information content (AvgIpc) is 2.15. The highest BCUT2D eigenvalue weighted by atomic mass is 79.9. The zero-order valence-corrected chi connectivity index (χ0v) is 9.27. The molecular weight excluding hydrogens is 245 g/mol. The molecular formula is C11H11BrFN. The van der Waals surface area contributed by atoms with E-state index in [0.29, 0.717) is 0 Å². The highest BCUT2D eigenvalue weighted by Crippen LogP contribution is 2.22. The molecule has 3 heteroatoms. The molecule has 0 fully saturated rings. The van der Waals surface area contributed by atoms with Gasteiger partial charge in [-0.1, -0.05) is 0 Å². The second kappa shape index (κ2) is 5.66. The number of rotatable bonds is 4. The van der Waals surface area contributed by atoms with E-state index in [2.05, 4.69) is 27.2 Å². The summed E-state index contributed by atoms with van der Waals surface area (Å²) in [6.07, 6.45) is 6.79. The molecule has 0 bridgehead atoms. The van der Waals surface area contributed by atoms with Crippen LogP contribution in [0.4, 0.5) is 10.1 Å². The molecule has 0 aromatic heterocycles. The molecule has 0 radical (unpaired) electrons. The predicted octanol–water partition coefficient (Wildman–Crippen LogP) is 3.41. The fourth-order valence-electron chi connectivity index (χ4n) is 1.05. The Bertz CT molecular complexity index is 344. The van der Waals surface area contributed by atoms with Crippen LogP contribution < -0.4 is 5.32 Å². The van der Waals surface area contributed by atoms with Crippen molar-refractivity contribution in [2.75, 3.05) is 11.9 Å². The Kier molecular flexibility index (Phi) is 4.48. The summed E-state index contributed by atoms with van der Waals surface area (Å²) in [6.45, 7) is 0.800. The van der Waals surface area contributed by atoms with Gasteiger partial charge in [0.2, 0.25) is 0 Å². The van der Waals surface area contributed by atoms with E-state index in [4.69, 9.17) is 6.42 Å². The highest BCUT2D eigenvalue weighted by Gasteiger charge is 1.99. The summed E-state index contributed by atoms with van der Waals surface area (Å²) in [5.74, 6) is 2.32. The third-order valence-corrected chi connectivity index (χ3v) is 2.40. The molecule has 0 unspecified atom stereocenters. The van der Waals surface area contributed by atoms with Crippen molar-refractivity contribution < 1.29 is 4.39 Å². The molecule has 74 valence electrons. The molecule has 1 aromatic rings. The van der Waals surface area contributed by atoms with Gasteiger partial charge in [0.05, 0.1) is 0 Å². The number of hydrogen-bond donors (Lipinski definition) is 1. The summed E-state index contributed by atoms with van der Waals surface area (Å²) in [5.41, 5.74) is 0.892. The van der Waals surface area contributed by atoms with E-state index in [1.54, 1.807) is 6.07 Å². The third kappa shape index (κ3) is 3.39. The molecule has 0 spiro atoms. The molecule has 1 aromatic carbocycles. The van der Waals surface area contributed by atoms with Crippen molar-refractivity contribution in [1.29, 1.82) is 0 Å². The lowest BCUT2D eigenvalue weighted by Gasteiger charge is -2.07. The number of terminal acetylenes is 1. The van der Waals surface area contributed by atoms with Crippen LogP contribution in [0.2, 0.25) is 0 Å². The second-order valence-corrected chi connectivity index (χ2v) is 3.71. The molecule has 1 N–H and O–H groups in total. The maximum absolute atomic E-state index is 12.7. The number of hydrogen-bond acceptors (Lipinski definition) is 1. The van der Waals surface area contributed by atoms with Crippen molar-refractivity contribution in [3.05, 3.63) is 28.5 Å². The Balaban J connectivity index is 2.47. The average molecular weight is 256 g/mol. The van der Waals surface area contributed by atoms with Gasteiger partial charge in [-0.2, -0.15) is 0 Å². The lowest BCUT2D eigenvalue weighted by molar-refractivity contribution is 0.627. The molecule has 0 aliphatic heterocycles. The molecule has 0 aliphatic rings. The van der Waals surface area contributed by atoms with Crippen molar-refractivity contribution in [1.82, 2.24) is 0 Å². The van der Waals surface area contributed by atoms with Crippen LogP contribution >= 0.6 is 15.9 Å². The van der Waals surface area contributed by atoms with Gasteiger partial charge in [-0.15, -0.1) is 12.3 Å². The Morgan fingerprint density at radius 2 is 2.29 bits per heavy atom. The number of benzene rings is 1. The first-order chi connectivity index (χ1) is 6.74. The summed E-state index contributed by atoms with van der Waals surface area (Å²) in [6, 6.07) is 4.56. The van der Waals surface area contributed by atoms with Crippen LogP contribution in [-0.4, -0.2) is 6.54 Å². The fraction of sp³-hybridized carbons (Fsp3) is 0.273. The quantitative estimate of drug-likeness (QED) is 0.643. The van der Waals surface area contributed by atoms with Gasteiger partial charge in [0.25, 0.3) is 0 Å². The van der Waals surface area contributed by atoms with Crippen molar-refractivity contribution in [2.24, 2.45) is 0 Å². The van der Waals surface area contributed by atoms with E-state index in [1.165, 1.54) is 12.1 Å². The van der Waals surface area contributed by atoms with Crippen LogP contribution in [0.15, 0.2) is 22.7 Å². The van der Waals surface area contributed by atoms with Crippen LogP contribution in [0.3, 0.4) is 0 Å². The molecule has 0 aliphatic carbocycles. The first-order valence-electron chi connectivity index (χ1n) is 4.36. The molecule has 0 saturated heterocycles. The van der Waals surface area contributed by atoms with Gasteiger partial charge in [-0.05, 0) is 40.5 Å². The number of halogens is 2. The van der Waals surface area contributed by atoms with Crippen LogP contribution in [0, 0.1) is 18.2 Å². The molecule has 0 atom stereocenters. The molecule has 0 saturated carbocycles. The molecule has 1 nitrogen and oxygen atoms in total. The zero-order valence-electron chi connectivity index (χ0n) is 7.69. The van der Waals surface area contributed by atoms with Crippen LogP contribution in [0.25, 0.3) is 0 Å². The monoisotopic (exact) mass is 255 g/mol. The number of anilines is 1. The van der Waals surface area contributed by atoms with E-state index in [1.807, 2.05) is 0 Å².